The molecule has 3 nitrogen and oxygen atoms in total. The Labute approximate surface area is 125 Å². The molecule has 0 radical (unpaired) electrons. The molecule has 0 amide bonds. The van der Waals surface area contributed by atoms with Crippen molar-refractivity contribution >= 4 is 39.8 Å². The molecule has 2 aromatic carbocycles. The molecule has 100 valence electrons. The van der Waals surface area contributed by atoms with Crippen LogP contribution in [0.15, 0.2) is 48.7 Å². The van der Waals surface area contributed by atoms with Gasteiger partial charge >= 0.3 is 0 Å². The van der Waals surface area contributed by atoms with Gasteiger partial charge in [-0.2, -0.15) is 0 Å². The Morgan fingerprint density at radius 3 is 2.70 bits per heavy atom. The first kappa shape index (κ1) is 13.0. The molecule has 0 aliphatic heterocycles. The Kier molecular flexibility index (Phi) is 3.38. The largest absolute Gasteiger partial charge is 0.455 e. The van der Waals surface area contributed by atoms with Gasteiger partial charge in [-0.25, -0.2) is 0 Å². The van der Waals surface area contributed by atoms with Crippen LogP contribution in [-0.4, -0.2) is 4.98 Å². The van der Waals surface area contributed by atoms with Gasteiger partial charge in [0.25, 0.3) is 0 Å². The Bertz CT molecular complexity index is 790. The lowest BCUT2D eigenvalue weighted by atomic mass is 10.1. The number of fused-ring (bicyclic) bond motifs is 1. The second-order valence-electron chi connectivity index (χ2n) is 4.23. The van der Waals surface area contributed by atoms with Crippen molar-refractivity contribution in [3.8, 4) is 11.5 Å². The van der Waals surface area contributed by atoms with Gasteiger partial charge in [0.05, 0.1) is 16.2 Å². The molecule has 0 saturated carbocycles. The normalized spacial score (nSPS) is 10.7. The molecule has 0 unspecified atom stereocenters. The van der Waals surface area contributed by atoms with Crippen LogP contribution in [0.5, 0.6) is 11.5 Å². The van der Waals surface area contributed by atoms with E-state index in [1.165, 1.54) is 0 Å². The third-order valence-electron chi connectivity index (χ3n) is 2.87. The number of rotatable bonds is 2. The number of nitrogens with two attached hydrogens (primary N) is 1. The van der Waals surface area contributed by atoms with Crippen molar-refractivity contribution in [2.75, 3.05) is 5.73 Å². The van der Waals surface area contributed by atoms with E-state index in [0.717, 1.165) is 5.39 Å². The fraction of sp³-hybridized carbons (Fsp3) is 0. The number of benzene rings is 2. The van der Waals surface area contributed by atoms with E-state index in [4.69, 9.17) is 33.7 Å². The molecule has 1 heterocycles. The number of anilines is 1. The zero-order chi connectivity index (χ0) is 14.1. The number of nitrogens with zero attached hydrogens (tertiary/aromatic N) is 1. The predicted molar refractivity (Wildman–Crippen MR) is 82.7 cm³/mol. The summed E-state index contributed by atoms with van der Waals surface area (Å²) in [5.74, 6) is 1.13. The summed E-state index contributed by atoms with van der Waals surface area (Å²) < 4.78 is 5.85. The third kappa shape index (κ3) is 2.38. The van der Waals surface area contributed by atoms with Crippen LogP contribution in [0.1, 0.15) is 0 Å². The van der Waals surface area contributed by atoms with Crippen molar-refractivity contribution in [3.05, 3.63) is 58.7 Å². The molecule has 0 atom stereocenters. The second kappa shape index (κ2) is 5.19. The van der Waals surface area contributed by atoms with Crippen LogP contribution in [0.2, 0.25) is 10.0 Å². The molecule has 0 aliphatic rings. The predicted octanol–water partition coefficient (Wildman–Crippen LogP) is 4.92. The Morgan fingerprint density at radius 2 is 1.85 bits per heavy atom. The van der Waals surface area contributed by atoms with Crippen molar-refractivity contribution in [2.24, 2.45) is 0 Å². The van der Waals surface area contributed by atoms with Crippen LogP contribution in [-0.2, 0) is 0 Å². The smallest absolute Gasteiger partial charge is 0.147 e. The maximum atomic E-state index is 6.10. The van der Waals surface area contributed by atoms with Gasteiger partial charge in [-0.05, 0) is 36.4 Å². The molecule has 0 aliphatic carbocycles. The molecule has 3 rings (SSSR count). The topological polar surface area (TPSA) is 48.1 Å². The van der Waals surface area contributed by atoms with Gasteiger partial charge in [0.2, 0.25) is 0 Å². The van der Waals surface area contributed by atoms with Crippen LogP contribution < -0.4 is 10.5 Å². The van der Waals surface area contributed by atoms with Gasteiger partial charge in [-0.3, -0.25) is 4.98 Å². The van der Waals surface area contributed by atoms with Gasteiger partial charge < -0.3 is 10.5 Å². The maximum absolute atomic E-state index is 6.10. The molecule has 5 heteroatoms. The first-order valence-corrected chi connectivity index (χ1v) is 6.67. The molecule has 0 bridgehead atoms. The lowest BCUT2D eigenvalue weighted by molar-refractivity contribution is 0.488. The van der Waals surface area contributed by atoms with Crippen molar-refractivity contribution in [3.63, 3.8) is 0 Å². The van der Waals surface area contributed by atoms with E-state index in [9.17, 15) is 0 Å². The van der Waals surface area contributed by atoms with Crippen LogP contribution in [0.25, 0.3) is 10.9 Å². The van der Waals surface area contributed by atoms with E-state index in [1.807, 2.05) is 12.1 Å². The fourth-order valence-corrected chi connectivity index (χ4v) is 2.25. The minimum atomic E-state index is 0.489. The van der Waals surface area contributed by atoms with Crippen LogP contribution >= 0.6 is 23.2 Å². The molecular formula is C15H10Cl2N2O. The van der Waals surface area contributed by atoms with E-state index >= 15 is 0 Å². The highest BCUT2D eigenvalue weighted by Gasteiger charge is 2.09. The Morgan fingerprint density at radius 1 is 1.00 bits per heavy atom. The summed E-state index contributed by atoms with van der Waals surface area (Å²) in [5, 5.41) is 1.87. The maximum Gasteiger partial charge on any atom is 0.147 e. The summed E-state index contributed by atoms with van der Waals surface area (Å²) in [6.45, 7) is 0. The highest BCUT2D eigenvalue weighted by atomic mass is 35.5. The lowest BCUT2D eigenvalue weighted by Gasteiger charge is -2.11. The number of ether oxygens (including phenoxy) is 1. The number of pyridine rings is 1. The van der Waals surface area contributed by atoms with E-state index in [1.54, 1.807) is 36.5 Å². The number of hydrogen-bond acceptors (Lipinski definition) is 3. The van der Waals surface area contributed by atoms with Crippen LogP contribution in [0, 0.1) is 0 Å². The molecule has 2 N–H and O–H groups in total. The van der Waals surface area contributed by atoms with Crippen molar-refractivity contribution in [1.82, 2.24) is 4.98 Å². The summed E-state index contributed by atoms with van der Waals surface area (Å²) in [7, 11) is 0. The van der Waals surface area contributed by atoms with E-state index in [2.05, 4.69) is 4.98 Å². The van der Waals surface area contributed by atoms with Gasteiger partial charge in [0.1, 0.15) is 11.5 Å². The standard InChI is InChI=1S/C15H10Cl2N2O/c16-9-3-4-11(17)14(8-9)20-13-6-5-12(18)15-10(13)2-1-7-19-15/h1-8H,18H2. The quantitative estimate of drug-likeness (QED) is 0.684. The lowest BCUT2D eigenvalue weighted by Crippen LogP contribution is -1.92. The average molecular weight is 305 g/mol. The minimum absolute atomic E-state index is 0.489. The summed E-state index contributed by atoms with van der Waals surface area (Å²) >= 11 is 12.1. The van der Waals surface area contributed by atoms with Gasteiger partial charge in [0, 0.05) is 22.7 Å². The van der Waals surface area contributed by atoms with Crippen LogP contribution in [0.3, 0.4) is 0 Å². The summed E-state index contributed by atoms with van der Waals surface area (Å²) in [5.41, 5.74) is 7.21. The molecule has 0 fully saturated rings. The average Bonchev–Trinajstić information content (AvgIpc) is 2.46. The van der Waals surface area contributed by atoms with E-state index in [-0.39, 0.29) is 0 Å². The van der Waals surface area contributed by atoms with Gasteiger partial charge in [0.15, 0.2) is 0 Å². The van der Waals surface area contributed by atoms with E-state index in [0.29, 0.717) is 32.7 Å². The Balaban J connectivity index is 2.11. The molecule has 20 heavy (non-hydrogen) atoms. The number of aromatic nitrogens is 1. The zero-order valence-electron chi connectivity index (χ0n) is 10.3. The number of nitrogen functional groups attached to an aromatic ring is 1. The van der Waals surface area contributed by atoms with Crippen molar-refractivity contribution < 1.29 is 4.74 Å². The molecule has 0 spiro atoms. The second-order valence-corrected chi connectivity index (χ2v) is 5.07. The molecule has 3 aromatic rings. The SMILES string of the molecule is Nc1ccc(Oc2cc(Cl)ccc2Cl)c2cccnc12. The van der Waals surface area contributed by atoms with Crippen LogP contribution in [0.4, 0.5) is 5.69 Å². The highest BCUT2D eigenvalue weighted by molar-refractivity contribution is 6.34. The molecule has 1 aromatic heterocycles. The van der Waals surface area contributed by atoms with Crippen molar-refractivity contribution in [2.45, 2.75) is 0 Å². The summed E-state index contributed by atoms with van der Waals surface area (Å²) in [6.07, 6.45) is 1.69. The number of hydrogen-bond donors (Lipinski definition) is 1. The van der Waals surface area contributed by atoms with Gasteiger partial charge in [-0.1, -0.05) is 23.2 Å². The first-order chi connectivity index (χ1) is 9.65. The van der Waals surface area contributed by atoms with Gasteiger partial charge in [-0.15, -0.1) is 0 Å². The molecule has 0 saturated heterocycles. The summed E-state index contributed by atoms with van der Waals surface area (Å²) in [4.78, 5) is 4.26. The Hall–Kier alpha value is -1.97. The highest BCUT2D eigenvalue weighted by Crippen LogP contribution is 2.36. The van der Waals surface area contributed by atoms with E-state index < -0.39 is 0 Å². The fourth-order valence-electron chi connectivity index (χ4n) is 1.93. The molecular weight excluding hydrogens is 295 g/mol. The minimum Gasteiger partial charge on any atom is -0.455 e. The zero-order valence-corrected chi connectivity index (χ0v) is 11.8. The third-order valence-corrected chi connectivity index (χ3v) is 3.42. The summed E-state index contributed by atoms with van der Waals surface area (Å²) in [6, 6.07) is 12.3. The first-order valence-electron chi connectivity index (χ1n) is 5.91. The number of halogens is 2. The van der Waals surface area contributed by atoms with Crippen molar-refractivity contribution in [1.29, 1.82) is 0 Å². The monoisotopic (exact) mass is 304 g/mol.